The van der Waals surface area contributed by atoms with Crippen molar-refractivity contribution in [3.8, 4) is 118 Å². The zero-order valence-electron chi connectivity index (χ0n) is 37.9. The van der Waals surface area contributed by atoms with Crippen LogP contribution in [-0.2, 0) is 0 Å². The van der Waals surface area contributed by atoms with Crippen LogP contribution in [0, 0.1) is 11.3 Å². The Balaban J connectivity index is 0.893. The molecule has 0 saturated carbocycles. The highest BCUT2D eigenvalue weighted by atomic mass is 15.0. The van der Waals surface area contributed by atoms with Crippen LogP contribution in [0.25, 0.3) is 134 Å². The molecule has 13 rings (SSSR count). The number of aromatic nitrogens is 3. The molecule has 1 aliphatic carbocycles. The Bertz CT molecular complexity index is 4080. The summed E-state index contributed by atoms with van der Waals surface area (Å²) < 4.78 is 0. The van der Waals surface area contributed by atoms with E-state index in [1.807, 2.05) is 42.5 Å². The fraction of sp³-hybridized carbons (Fsp3) is 0. The minimum Gasteiger partial charge on any atom is -0.208 e. The van der Waals surface area contributed by atoms with Crippen molar-refractivity contribution >= 4 is 21.5 Å². The average Bonchev–Trinajstić information content (AvgIpc) is 3.76. The van der Waals surface area contributed by atoms with Gasteiger partial charge < -0.3 is 0 Å². The van der Waals surface area contributed by atoms with E-state index in [0.29, 0.717) is 23.0 Å². The monoisotopic (exact) mass is 888 g/mol. The first-order chi connectivity index (χ1) is 34.6. The van der Waals surface area contributed by atoms with Crippen molar-refractivity contribution in [3.05, 3.63) is 248 Å². The maximum absolute atomic E-state index is 10.5. The zero-order chi connectivity index (χ0) is 46.5. The molecular weight excluding hydrogens is 849 g/mol. The van der Waals surface area contributed by atoms with Gasteiger partial charge in [0.2, 0.25) is 0 Å². The molecule has 70 heavy (non-hydrogen) atoms. The summed E-state index contributed by atoms with van der Waals surface area (Å²) >= 11 is 0. The molecule has 0 unspecified atom stereocenters. The lowest BCUT2D eigenvalue weighted by molar-refractivity contribution is 1.07. The Hall–Kier alpha value is -9.56. The van der Waals surface area contributed by atoms with Gasteiger partial charge in [0.25, 0.3) is 0 Å². The minimum absolute atomic E-state index is 0.579. The second-order valence-corrected chi connectivity index (χ2v) is 17.8. The molecule has 1 aliphatic rings. The van der Waals surface area contributed by atoms with Gasteiger partial charge in [0.1, 0.15) is 0 Å². The minimum atomic E-state index is 0.579. The second-order valence-electron chi connectivity index (χ2n) is 17.8. The van der Waals surface area contributed by atoms with E-state index < -0.39 is 0 Å². The van der Waals surface area contributed by atoms with Gasteiger partial charge in [-0.3, -0.25) is 0 Å². The average molecular weight is 889 g/mol. The lowest BCUT2D eigenvalue weighted by Gasteiger charge is -2.16. The number of hydrogen-bond acceptors (Lipinski definition) is 4. The molecule has 0 atom stereocenters. The van der Waals surface area contributed by atoms with Crippen molar-refractivity contribution in [1.29, 1.82) is 5.26 Å². The Kier molecular flexibility index (Phi) is 9.85. The number of nitrogens with zero attached hydrogens (tertiary/aromatic N) is 4. The summed E-state index contributed by atoms with van der Waals surface area (Å²) in [6, 6.07) is 87.6. The first-order valence-corrected chi connectivity index (χ1v) is 23.6. The molecule has 1 heterocycles. The summed E-state index contributed by atoms with van der Waals surface area (Å²) in [5.41, 5.74) is 18.7. The molecular formula is C66H40N4. The highest BCUT2D eigenvalue weighted by Gasteiger charge is 2.23. The van der Waals surface area contributed by atoms with Crippen LogP contribution in [0.4, 0.5) is 0 Å². The molecule has 324 valence electrons. The third-order valence-electron chi connectivity index (χ3n) is 13.7. The summed E-state index contributed by atoms with van der Waals surface area (Å²) in [4.78, 5) is 15.6. The van der Waals surface area contributed by atoms with E-state index in [-0.39, 0.29) is 0 Å². The van der Waals surface area contributed by atoms with Crippen LogP contribution >= 0.6 is 0 Å². The molecule has 4 heteroatoms. The van der Waals surface area contributed by atoms with Crippen LogP contribution in [0.3, 0.4) is 0 Å². The van der Waals surface area contributed by atoms with Gasteiger partial charge in [-0.1, -0.05) is 206 Å². The molecule has 0 aliphatic heterocycles. The maximum atomic E-state index is 10.5. The van der Waals surface area contributed by atoms with Crippen LogP contribution in [-0.4, -0.2) is 15.0 Å². The van der Waals surface area contributed by atoms with Crippen molar-refractivity contribution < 1.29 is 0 Å². The van der Waals surface area contributed by atoms with Gasteiger partial charge in [-0.15, -0.1) is 0 Å². The molecule has 0 radical (unpaired) electrons. The lowest BCUT2D eigenvalue weighted by Crippen LogP contribution is -2.01. The fourth-order valence-corrected chi connectivity index (χ4v) is 10.3. The molecule has 0 fully saturated rings. The predicted molar refractivity (Wildman–Crippen MR) is 287 cm³/mol. The topological polar surface area (TPSA) is 62.5 Å². The van der Waals surface area contributed by atoms with Crippen molar-refractivity contribution in [2.24, 2.45) is 0 Å². The van der Waals surface area contributed by atoms with E-state index in [1.54, 1.807) is 0 Å². The van der Waals surface area contributed by atoms with E-state index in [2.05, 4.69) is 206 Å². The van der Waals surface area contributed by atoms with Gasteiger partial charge in [-0.2, -0.15) is 5.26 Å². The molecule has 0 N–H and O–H groups in total. The van der Waals surface area contributed by atoms with Crippen molar-refractivity contribution in [2.75, 3.05) is 0 Å². The molecule has 0 bridgehead atoms. The van der Waals surface area contributed by atoms with Crippen LogP contribution in [0.5, 0.6) is 0 Å². The van der Waals surface area contributed by atoms with Gasteiger partial charge >= 0.3 is 0 Å². The third kappa shape index (κ3) is 7.13. The van der Waals surface area contributed by atoms with E-state index in [4.69, 9.17) is 15.0 Å². The van der Waals surface area contributed by atoms with Crippen molar-refractivity contribution in [2.45, 2.75) is 0 Å². The second kappa shape index (κ2) is 16.9. The Labute approximate surface area is 406 Å². The Morgan fingerprint density at radius 1 is 0.243 bits per heavy atom. The van der Waals surface area contributed by atoms with Gasteiger partial charge in [0.05, 0.1) is 11.6 Å². The van der Waals surface area contributed by atoms with E-state index >= 15 is 0 Å². The molecule has 11 aromatic carbocycles. The van der Waals surface area contributed by atoms with Crippen LogP contribution < -0.4 is 0 Å². The predicted octanol–water partition coefficient (Wildman–Crippen LogP) is 17.0. The largest absolute Gasteiger partial charge is 0.208 e. The SMILES string of the molecule is N#Cc1ccc(-c2ccccc2-c2ccccc2-c2nc(-c3ccccc3)nc(-c3cccc(-c4ccc5ccccc5c4)c3)n2)cc1-c1cccc(-c2ccc3c(c2)-c2cccc4cccc-3c24)c1. The summed E-state index contributed by atoms with van der Waals surface area (Å²) in [6.07, 6.45) is 0. The van der Waals surface area contributed by atoms with Gasteiger partial charge in [-0.05, 0) is 130 Å². The number of hydrogen-bond donors (Lipinski definition) is 0. The molecule has 4 nitrogen and oxygen atoms in total. The highest BCUT2D eigenvalue weighted by molar-refractivity contribution is 6.15. The van der Waals surface area contributed by atoms with Crippen molar-refractivity contribution in [3.63, 3.8) is 0 Å². The van der Waals surface area contributed by atoms with Gasteiger partial charge in [-0.25, -0.2) is 15.0 Å². The van der Waals surface area contributed by atoms with Crippen LogP contribution in [0.2, 0.25) is 0 Å². The lowest BCUT2D eigenvalue weighted by atomic mass is 9.88. The Morgan fingerprint density at radius 3 is 1.47 bits per heavy atom. The number of rotatable bonds is 8. The van der Waals surface area contributed by atoms with E-state index in [9.17, 15) is 5.26 Å². The fourth-order valence-electron chi connectivity index (χ4n) is 10.3. The summed E-state index contributed by atoms with van der Waals surface area (Å²) in [6.45, 7) is 0. The zero-order valence-corrected chi connectivity index (χ0v) is 37.9. The number of nitriles is 1. The van der Waals surface area contributed by atoms with Crippen LogP contribution in [0.15, 0.2) is 243 Å². The molecule has 0 saturated heterocycles. The van der Waals surface area contributed by atoms with E-state index in [0.717, 1.165) is 72.3 Å². The van der Waals surface area contributed by atoms with E-state index in [1.165, 1.54) is 43.8 Å². The summed E-state index contributed by atoms with van der Waals surface area (Å²) in [5, 5.41) is 15.5. The summed E-state index contributed by atoms with van der Waals surface area (Å²) in [5.74, 6) is 1.77. The normalized spacial score (nSPS) is 11.4. The highest BCUT2D eigenvalue weighted by Crippen LogP contribution is 2.48. The third-order valence-corrected chi connectivity index (χ3v) is 13.7. The standard InChI is InChI=1S/C66H40N4/c67-41-53-33-32-51(40-61(53)50-22-10-20-46(37-50)49-34-35-57-58-28-12-18-43-19-13-29-59(63(43)58)62(57)39-49)54-24-6-7-25-55(54)56-26-8-9-27-60(56)66-69-64(44-15-2-1-3-16-44)68-65(70-66)52-23-11-21-47(38-52)48-31-30-42-14-4-5-17-45(42)36-48/h1-40H. The molecule has 0 spiro atoms. The van der Waals surface area contributed by atoms with Crippen LogP contribution in [0.1, 0.15) is 5.56 Å². The number of benzene rings is 11. The first-order valence-electron chi connectivity index (χ1n) is 23.6. The Morgan fingerprint density at radius 2 is 0.700 bits per heavy atom. The van der Waals surface area contributed by atoms with Gasteiger partial charge in [0, 0.05) is 22.3 Å². The quantitative estimate of drug-likeness (QED) is 0.152. The van der Waals surface area contributed by atoms with Gasteiger partial charge in [0.15, 0.2) is 17.5 Å². The molecule has 12 aromatic rings. The molecule has 1 aromatic heterocycles. The molecule has 0 amide bonds. The maximum Gasteiger partial charge on any atom is 0.164 e. The van der Waals surface area contributed by atoms with Crippen molar-refractivity contribution in [1.82, 2.24) is 15.0 Å². The first kappa shape index (κ1) is 40.7. The smallest absolute Gasteiger partial charge is 0.164 e. The summed E-state index contributed by atoms with van der Waals surface area (Å²) in [7, 11) is 0. The number of fused-ring (bicyclic) bond motifs is 4.